The van der Waals surface area contributed by atoms with Crippen LogP contribution in [0, 0.1) is 5.92 Å². The Kier molecular flexibility index (Phi) is 8.39. The fraction of sp³-hybridized carbons (Fsp3) is 0.857. The zero-order valence-electron chi connectivity index (χ0n) is 12.8. The zero-order chi connectivity index (χ0) is 15.0. The maximum absolute atomic E-state index is 11.9. The molecule has 112 valence electrons. The van der Waals surface area contributed by atoms with Gasteiger partial charge in [0.05, 0.1) is 6.54 Å². The van der Waals surface area contributed by atoms with Crippen LogP contribution in [0.15, 0.2) is 0 Å². The van der Waals surface area contributed by atoms with Crippen LogP contribution in [0.5, 0.6) is 0 Å². The van der Waals surface area contributed by atoms with E-state index in [1.807, 2.05) is 25.7 Å². The highest BCUT2D eigenvalue weighted by atomic mass is 16.4. The molecule has 0 aromatic heterocycles. The molecule has 0 saturated carbocycles. The first-order valence-corrected chi connectivity index (χ1v) is 6.99. The third kappa shape index (κ3) is 8.59. The molecular formula is C14H28N2O3. The molecule has 0 radical (unpaired) electrons. The van der Waals surface area contributed by atoms with Crippen LogP contribution >= 0.6 is 0 Å². The molecule has 2 N–H and O–H groups in total. The predicted molar refractivity (Wildman–Crippen MR) is 76.0 cm³/mol. The summed E-state index contributed by atoms with van der Waals surface area (Å²) < 4.78 is 0. The summed E-state index contributed by atoms with van der Waals surface area (Å²) in [5.41, 5.74) is 0. The lowest BCUT2D eigenvalue weighted by Crippen LogP contribution is -2.45. The second-order valence-corrected chi connectivity index (χ2v) is 5.66. The van der Waals surface area contributed by atoms with Crippen molar-refractivity contribution < 1.29 is 14.7 Å². The van der Waals surface area contributed by atoms with Crippen molar-refractivity contribution in [3.8, 4) is 0 Å². The molecule has 0 rings (SSSR count). The van der Waals surface area contributed by atoms with Gasteiger partial charge in [-0.25, -0.2) is 0 Å². The lowest BCUT2D eigenvalue weighted by atomic mass is 10.1. The predicted octanol–water partition coefficient (Wildman–Crippen LogP) is 1.72. The highest BCUT2D eigenvalue weighted by Crippen LogP contribution is 2.03. The van der Waals surface area contributed by atoms with E-state index >= 15 is 0 Å². The summed E-state index contributed by atoms with van der Waals surface area (Å²) in [5, 5.41) is 11.6. The average Bonchev–Trinajstić information content (AvgIpc) is 2.26. The number of nitrogens with one attached hydrogen (secondary N) is 1. The second kappa shape index (κ2) is 8.91. The standard InChI is InChI=1S/C14H28N2O3/c1-10(2)12(5)15-13(17)9-16(11(3)4)8-6-7-14(18)19/h10-12H,6-9H2,1-5H3,(H,15,17)(H,18,19). The molecule has 0 aliphatic heterocycles. The van der Waals surface area contributed by atoms with Crippen LogP contribution in [0.3, 0.4) is 0 Å². The van der Waals surface area contributed by atoms with E-state index in [-0.39, 0.29) is 24.4 Å². The zero-order valence-corrected chi connectivity index (χ0v) is 12.8. The van der Waals surface area contributed by atoms with Crippen molar-refractivity contribution in [2.75, 3.05) is 13.1 Å². The number of rotatable bonds is 9. The Morgan fingerprint density at radius 2 is 1.74 bits per heavy atom. The number of carboxylic acid groups (broad SMARTS) is 1. The maximum atomic E-state index is 11.9. The van der Waals surface area contributed by atoms with Crippen molar-refractivity contribution in [1.29, 1.82) is 0 Å². The minimum Gasteiger partial charge on any atom is -0.481 e. The minimum absolute atomic E-state index is 0.00484. The van der Waals surface area contributed by atoms with Crippen molar-refractivity contribution in [3.63, 3.8) is 0 Å². The molecule has 0 bridgehead atoms. The number of hydrogen-bond acceptors (Lipinski definition) is 3. The smallest absolute Gasteiger partial charge is 0.303 e. The first-order valence-electron chi connectivity index (χ1n) is 6.99. The highest BCUT2D eigenvalue weighted by molar-refractivity contribution is 5.78. The van der Waals surface area contributed by atoms with Gasteiger partial charge in [-0.1, -0.05) is 13.8 Å². The summed E-state index contributed by atoms with van der Waals surface area (Å²) in [6.07, 6.45) is 0.716. The molecule has 1 unspecified atom stereocenters. The lowest BCUT2D eigenvalue weighted by Gasteiger charge is -2.27. The van der Waals surface area contributed by atoms with Gasteiger partial charge < -0.3 is 10.4 Å². The van der Waals surface area contributed by atoms with E-state index < -0.39 is 5.97 Å². The van der Waals surface area contributed by atoms with Crippen molar-refractivity contribution >= 4 is 11.9 Å². The van der Waals surface area contributed by atoms with Gasteiger partial charge in [0.2, 0.25) is 5.91 Å². The number of carbonyl (C=O) groups is 2. The van der Waals surface area contributed by atoms with Gasteiger partial charge in [0.1, 0.15) is 0 Å². The van der Waals surface area contributed by atoms with Crippen LogP contribution in [0.2, 0.25) is 0 Å². The van der Waals surface area contributed by atoms with Crippen molar-refractivity contribution in [3.05, 3.63) is 0 Å². The third-order valence-corrected chi connectivity index (χ3v) is 3.30. The molecule has 0 saturated heterocycles. The van der Waals surface area contributed by atoms with E-state index in [9.17, 15) is 9.59 Å². The molecule has 0 aliphatic rings. The Hall–Kier alpha value is -1.10. The lowest BCUT2D eigenvalue weighted by molar-refractivity contribution is -0.137. The summed E-state index contributed by atoms with van der Waals surface area (Å²) >= 11 is 0. The molecule has 0 aromatic carbocycles. The molecule has 0 spiro atoms. The Balaban J connectivity index is 4.19. The van der Waals surface area contributed by atoms with Crippen molar-refractivity contribution in [1.82, 2.24) is 10.2 Å². The fourth-order valence-electron chi connectivity index (χ4n) is 1.60. The highest BCUT2D eigenvalue weighted by Gasteiger charge is 2.16. The van der Waals surface area contributed by atoms with E-state index in [4.69, 9.17) is 5.11 Å². The summed E-state index contributed by atoms with van der Waals surface area (Å²) in [7, 11) is 0. The quantitative estimate of drug-likeness (QED) is 0.670. The van der Waals surface area contributed by atoms with E-state index in [1.165, 1.54) is 0 Å². The van der Waals surface area contributed by atoms with Crippen LogP contribution < -0.4 is 5.32 Å². The number of aliphatic carboxylic acids is 1. The largest absolute Gasteiger partial charge is 0.481 e. The van der Waals surface area contributed by atoms with Gasteiger partial charge in [-0.2, -0.15) is 0 Å². The summed E-state index contributed by atoms with van der Waals surface area (Å²) in [4.78, 5) is 24.4. The molecule has 0 fully saturated rings. The van der Waals surface area contributed by atoms with E-state index in [0.717, 1.165) is 0 Å². The van der Waals surface area contributed by atoms with Crippen molar-refractivity contribution in [2.45, 2.75) is 59.5 Å². The Morgan fingerprint density at radius 3 is 2.16 bits per heavy atom. The van der Waals surface area contributed by atoms with Crippen LogP contribution in [-0.4, -0.2) is 47.1 Å². The van der Waals surface area contributed by atoms with Gasteiger partial charge in [-0.05, 0) is 39.7 Å². The monoisotopic (exact) mass is 272 g/mol. The molecule has 0 aliphatic carbocycles. The van der Waals surface area contributed by atoms with Gasteiger partial charge in [0.25, 0.3) is 0 Å². The Bertz CT molecular complexity index is 290. The molecule has 1 amide bonds. The first-order chi connectivity index (χ1) is 8.73. The minimum atomic E-state index is -0.790. The van der Waals surface area contributed by atoms with Gasteiger partial charge in [0.15, 0.2) is 0 Å². The van der Waals surface area contributed by atoms with Crippen LogP contribution in [-0.2, 0) is 9.59 Å². The Morgan fingerprint density at radius 1 is 1.16 bits per heavy atom. The van der Waals surface area contributed by atoms with Crippen molar-refractivity contribution in [2.24, 2.45) is 5.92 Å². The molecule has 19 heavy (non-hydrogen) atoms. The van der Waals surface area contributed by atoms with Gasteiger partial charge >= 0.3 is 5.97 Å². The number of amides is 1. The molecule has 1 atom stereocenters. The molecule has 5 heteroatoms. The van der Waals surface area contributed by atoms with Gasteiger partial charge in [-0.3, -0.25) is 14.5 Å². The number of nitrogens with zero attached hydrogens (tertiary/aromatic N) is 1. The number of carbonyl (C=O) groups excluding carboxylic acids is 1. The van der Waals surface area contributed by atoms with E-state index in [1.54, 1.807) is 0 Å². The topological polar surface area (TPSA) is 69.6 Å². The average molecular weight is 272 g/mol. The second-order valence-electron chi connectivity index (χ2n) is 5.66. The number of carboxylic acids is 1. The fourth-order valence-corrected chi connectivity index (χ4v) is 1.60. The molecule has 0 heterocycles. The van der Waals surface area contributed by atoms with Crippen LogP contribution in [0.1, 0.15) is 47.5 Å². The SMILES string of the molecule is CC(C)C(C)NC(=O)CN(CCCC(=O)O)C(C)C. The maximum Gasteiger partial charge on any atom is 0.303 e. The summed E-state index contributed by atoms with van der Waals surface area (Å²) in [5.74, 6) is -0.379. The molecule has 5 nitrogen and oxygen atoms in total. The van der Waals surface area contributed by atoms with Crippen LogP contribution in [0.4, 0.5) is 0 Å². The van der Waals surface area contributed by atoms with E-state index in [2.05, 4.69) is 19.2 Å². The molecular weight excluding hydrogens is 244 g/mol. The van der Waals surface area contributed by atoms with Crippen LogP contribution in [0.25, 0.3) is 0 Å². The summed E-state index contributed by atoms with van der Waals surface area (Å²) in [6, 6.07) is 0.384. The normalized spacial score (nSPS) is 13.1. The summed E-state index contributed by atoms with van der Waals surface area (Å²) in [6.45, 7) is 11.1. The van der Waals surface area contributed by atoms with Gasteiger partial charge in [0, 0.05) is 18.5 Å². The van der Waals surface area contributed by atoms with Gasteiger partial charge in [-0.15, -0.1) is 0 Å². The number of hydrogen-bond donors (Lipinski definition) is 2. The third-order valence-electron chi connectivity index (χ3n) is 3.30. The first kappa shape index (κ1) is 17.9. The van der Waals surface area contributed by atoms with E-state index in [0.29, 0.717) is 25.4 Å². The Labute approximate surface area is 116 Å². The molecule has 0 aromatic rings.